The number of hydrogen-bond donors (Lipinski definition) is 2. The van der Waals surface area contributed by atoms with Gasteiger partial charge in [-0.25, -0.2) is 14.4 Å². The summed E-state index contributed by atoms with van der Waals surface area (Å²) in [6, 6.07) is 2.92. The molecule has 0 amide bonds. The van der Waals surface area contributed by atoms with Crippen LogP contribution in [0.1, 0.15) is 20.3 Å². The molecule has 1 heterocycles. The van der Waals surface area contributed by atoms with Crippen LogP contribution in [0.4, 0.5) is 10.2 Å². The summed E-state index contributed by atoms with van der Waals surface area (Å²) < 4.78 is 18.7. The zero-order valence-corrected chi connectivity index (χ0v) is 12.4. The Bertz CT molecular complexity index is 619. The van der Waals surface area contributed by atoms with Crippen LogP contribution in [0.5, 0.6) is 5.75 Å². The summed E-state index contributed by atoms with van der Waals surface area (Å²) in [5.41, 5.74) is 0.522. The summed E-state index contributed by atoms with van der Waals surface area (Å²) in [5, 5.41) is 13.3. The fraction of sp³-hybridized carbons (Fsp3) is 0.467. The van der Waals surface area contributed by atoms with Crippen LogP contribution >= 0.6 is 0 Å². The molecule has 2 rings (SSSR count). The van der Waals surface area contributed by atoms with E-state index in [4.69, 9.17) is 4.74 Å². The Hall–Kier alpha value is -1.95. The third-order valence-electron chi connectivity index (χ3n) is 3.27. The summed E-state index contributed by atoms with van der Waals surface area (Å²) in [6.07, 6.45) is 1.77. The first-order valence-corrected chi connectivity index (χ1v) is 6.91. The maximum atomic E-state index is 13.7. The lowest BCUT2D eigenvalue weighted by Gasteiger charge is -2.15. The van der Waals surface area contributed by atoms with Crippen molar-refractivity contribution in [3.05, 3.63) is 24.3 Å². The highest BCUT2D eigenvalue weighted by atomic mass is 19.1. The molecule has 0 fully saturated rings. The van der Waals surface area contributed by atoms with Crippen molar-refractivity contribution in [2.75, 3.05) is 19.0 Å². The molecular formula is C15H20FN3O2. The highest BCUT2D eigenvalue weighted by molar-refractivity contribution is 5.90. The van der Waals surface area contributed by atoms with E-state index in [0.717, 1.165) is 0 Å². The van der Waals surface area contributed by atoms with E-state index in [0.29, 0.717) is 29.7 Å². The number of nitrogens with zero attached hydrogens (tertiary/aromatic N) is 2. The molecule has 1 aromatic carbocycles. The van der Waals surface area contributed by atoms with Crippen molar-refractivity contribution >= 4 is 16.7 Å². The molecule has 0 spiro atoms. The molecule has 0 aliphatic rings. The maximum absolute atomic E-state index is 13.7. The average Bonchev–Trinajstić information content (AvgIpc) is 2.43. The number of methoxy groups -OCH3 is 1. The predicted octanol–water partition coefficient (Wildman–Crippen LogP) is 2.60. The Labute approximate surface area is 123 Å². The van der Waals surface area contributed by atoms with Gasteiger partial charge in [0.1, 0.15) is 12.1 Å². The molecule has 2 atom stereocenters. The van der Waals surface area contributed by atoms with Gasteiger partial charge in [-0.1, -0.05) is 6.92 Å². The van der Waals surface area contributed by atoms with Crippen molar-refractivity contribution in [3.63, 3.8) is 0 Å². The van der Waals surface area contributed by atoms with Crippen LogP contribution in [0.3, 0.4) is 0 Å². The second kappa shape index (κ2) is 6.67. The number of aliphatic hydroxyl groups excluding tert-OH is 1. The van der Waals surface area contributed by atoms with Gasteiger partial charge in [0.2, 0.25) is 0 Å². The van der Waals surface area contributed by atoms with Crippen molar-refractivity contribution < 1.29 is 14.2 Å². The lowest BCUT2D eigenvalue weighted by Crippen LogP contribution is -2.17. The molecule has 2 N–H and O–H groups in total. The summed E-state index contributed by atoms with van der Waals surface area (Å²) >= 11 is 0. The van der Waals surface area contributed by atoms with Crippen molar-refractivity contribution in [3.8, 4) is 5.75 Å². The summed E-state index contributed by atoms with van der Waals surface area (Å²) in [6.45, 7) is 4.48. The van der Waals surface area contributed by atoms with Crippen LogP contribution in [0.15, 0.2) is 18.5 Å². The second-order valence-corrected chi connectivity index (χ2v) is 5.30. The highest BCUT2D eigenvalue weighted by Gasteiger charge is 2.11. The number of rotatable bonds is 6. The number of aromatic nitrogens is 2. The van der Waals surface area contributed by atoms with Crippen LogP contribution in [0.2, 0.25) is 0 Å². The molecule has 5 nitrogen and oxygen atoms in total. The smallest absolute Gasteiger partial charge is 0.167 e. The molecule has 21 heavy (non-hydrogen) atoms. The van der Waals surface area contributed by atoms with E-state index in [1.165, 1.54) is 19.5 Å². The lowest BCUT2D eigenvalue weighted by molar-refractivity contribution is 0.166. The van der Waals surface area contributed by atoms with Crippen molar-refractivity contribution in [1.29, 1.82) is 0 Å². The molecule has 2 aromatic rings. The van der Waals surface area contributed by atoms with Gasteiger partial charge in [-0.05, 0) is 25.3 Å². The number of aliphatic hydroxyl groups is 1. The SMILES string of the molecule is COc1cc2c(NCC(C)CC(C)O)ncnc2cc1F. The Kier molecular flexibility index (Phi) is 4.90. The minimum atomic E-state index is -0.447. The van der Waals surface area contributed by atoms with E-state index in [-0.39, 0.29) is 17.8 Å². The zero-order valence-electron chi connectivity index (χ0n) is 12.4. The molecule has 0 radical (unpaired) electrons. The van der Waals surface area contributed by atoms with E-state index < -0.39 is 5.82 Å². The molecule has 0 saturated carbocycles. The normalized spacial score (nSPS) is 14.0. The van der Waals surface area contributed by atoms with Gasteiger partial charge in [0, 0.05) is 18.0 Å². The van der Waals surface area contributed by atoms with Gasteiger partial charge in [0.15, 0.2) is 11.6 Å². The number of nitrogens with one attached hydrogen (secondary N) is 1. The quantitative estimate of drug-likeness (QED) is 0.857. The number of benzene rings is 1. The molecular weight excluding hydrogens is 273 g/mol. The van der Waals surface area contributed by atoms with Gasteiger partial charge < -0.3 is 15.2 Å². The zero-order chi connectivity index (χ0) is 15.4. The molecule has 6 heteroatoms. The minimum Gasteiger partial charge on any atom is -0.494 e. The average molecular weight is 293 g/mol. The Morgan fingerprint density at radius 2 is 2.10 bits per heavy atom. The van der Waals surface area contributed by atoms with Gasteiger partial charge in [-0.3, -0.25) is 0 Å². The summed E-state index contributed by atoms with van der Waals surface area (Å²) in [5.74, 6) is 0.641. The fourth-order valence-electron chi connectivity index (χ4n) is 2.29. The van der Waals surface area contributed by atoms with Crippen LogP contribution in [-0.4, -0.2) is 34.8 Å². The van der Waals surface area contributed by atoms with Gasteiger partial charge in [-0.15, -0.1) is 0 Å². The lowest BCUT2D eigenvalue weighted by atomic mass is 10.0. The Morgan fingerprint density at radius 1 is 1.33 bits per heavy atom. The molecule has 0 aliphatic carbocycles. The molecule has 0 aliphatic heterocycles. The van der Waals surface area contributed by atoms with Gasteiger partial charge in [0.25, 0.3) is 0 Å². The highest BCUT2D eigenvalue weighted by Crippen LogP contribution is 2.27. The number of fused-ring (bicyclic) bond motifs is 1. The van der Waals surface area contributed by atoms with E-state index in [1.807, 2.05) is 6.92 Å². The van der Waals surface area contributed by atoms with Crippen LogP contribution in [0, 0.1) is 11.7 Å². The molecule has 114 valence electrons. The van der Waals surface area contributed by atoms with Crippen molar-refractivity contribution in [2.45, 2.75) is 26.4 Å². The third kappa shape index (κ3) is 3.78. The summed E-state index contributed by atoms with van der Waals surface area (Å²) in [7, 11) is 1.42. The first-order chi connectivity index (χ1) is 10.0. The van der Waals surface area contributed by atoms with E-state index in [9.17, 15) is 9.50 Å². The minimum absolute atomic E-state index is 0.164. The topological polar surface area (TPSA) is 67.3 Å². The van der Waals surface area contributed by atoms with Crippen LogP contribution in [0.25, 0.3) is 10.9 Å². The first-order valence-electron chi connectivity index (χ1n) is 6.91. The Balaban J connectivity index is 2.23. The standard InChI is InChI=1S/C15H20FN3O2/c1-9(4-10(2)20)7-17-15-11-5-14(21-3)12(16)6-13(11)18-8-19-15/h5-6,8-10,20H,4,7H2,1-3H3,(H,17,18,19). The number of hydrogen-bond acceptors (Lipinski definition) is 5. The van der Waals surface area contributed by atoms with Crippen LogP contribution in [-0.2, 0) is 0 Å². The third-order valence-corrected chi connectivity index (χ3v) is 3.27. The molecule has 2 unspecified atom stereocenters. The molecule has 0 bridgehead atoms. The van der Waals surface area contributed by atoms with Gasteiger partial charge in [-0.2, -0.15) is 0 Å². The Morgan fingerprint density at radius 3 is 2.76 bits per heavy atom. The predicted molar refractivity (Wildman–Crippen MR) is 80.0 cm³/mol. The van der Waals surface area contributed by atoms with E-state index in [1.54, 1.807) is 13.0 Å². The van der Waals surface area contributed by atoms with Crippen LogP contribution < -0.4 is 10.1 Å². The van der Waals surface area contributed by atoms with E-state index >= 15 is 0 Å². The van der Waals surface area contributed by atoms with Gasteiger partial charge >= 0.3 is 0 Å². The molecule has 0 saturated heterocycles. The first kappa shape index (κ1) is 15.4. The van der Waals surface area contributed by atoms with Gasteiger partial charge in [0.05, 0.1) is 18.7 Å². The van der Waals surface area contributed by atoms with E-state index in [2.05, 4.69) is 15.3 Å². The largest absolute Gasteiger partial charge is 0.494 e. The number of halogens is 1. The number of ether oxygens (including phenoxy) is 1. The fourth-order valence-corrected chi connectivity index (χ4v) is 2.29. The van der Waals surface area contributed by atoms with Crippen molar-refractivity contribution in [1.82, 2.24) is 9.97 Å². The monoisotopic (exact) mass is 293 g/mol. The summed E-state index contributed by atoms with van der Waals surface area (Å²) in [4.78, 5) is 8.27. The second-order valence-electron chi connectivity index (χ2n) is 5.30. The number of anilines is 1. The van der Waals surface area contributed by atoms with Crippen molar-refractivity contribution in [2.24, 2.45) is 5.92 Å². The maximum Gasteiger partial charge on any atom is 0.167 e. The molecule has 1 aromatic heterocycles.